The summed E-state index contributed by atoms with van der Waals surface area (Å²) in [6.07, 6.45) is 0.964. The van der Waals surface area contributed by atoms with Crippen molar-refractivity contribution in [3.63, 3.8) is 0 Å². The number of hydrogen-bond acceptors (Lipinski definition) is 1. The van der Waals surface area contributed by atoms with Crippen molar-refractivity contribution >= 4 is 11.2 Å². The second-order valence-corrected chi connectivity index (χ2v) is 3.47. The summed E-state index contributed by atoms with van der Waals surface area (Å²) in [6.45, 7) is 3.71. The smallest absolute Gasteiger partial charge is 0.112 e. The summed E-state index contributed by atoms with van der Waals surface area (Å²) in [5.74, 6) is 2.49. The summed E-state index contributed by atoms with van der Waals surface area (Å²) in [5.41, 5.74) is 0. The van der Waals surface area contributed by atoms with E-state index in [-0.39, 0.29) is 0 Å². The highest BCUT2D eigenvalue weighted by Gasteiger charge is 2.29. The van der Waals surface area contributed by atoms with Crippen LogP contribution in [0.2, 0.25) is 0 Å². The Kier molecular flexibility index (Phi) is 1.60. The van der Waals surface area contributed by atoms with Crippen molar-refractivity contribution in [1.29, 1.82) is 0 Å². The van der Waals surface area contributed by atoms with Gasteiger partial charge in [0.2, 0.25) is 0 Å². The lowest BCUT2D eigenvalue weighted by atomic mass is 10.1. The fraction of sp³-hybridized carbons (Fsp3) is 0.800. The standard InChI is InChI=1S/C5H9OS/c1-2-5-3-7(6)4-5/h5H,1-4H2. The quantitative estimate of drug-likeness (QED) is 0.461. The molecular formula is C5H9OS. The van der Waals surface area contributed by atoms with Crippen LogP contribution in [0.5, 0.6) is 0 Å². The summed E-state index contributed by atoms with van der Waals surface area (Å²) in [6, 6.07) is 0. The van der Waals surface area contributed by atoms with Gasteiger partial charge < -0.3 is 4.55 Å². The highest BCUT2D eigenvalue weighted by Crippen LogP contribution is 2.20. The van der Waals surface area contributed by atoms with E-state index in [0.717, 1.165) is 17.9 Å². The third kappa shape index (κ3) is 1.10. The molecule has 1 radical (unpaired) electrons. The summed E-state index contributed by atoms with van der Waals surface area (Å²) in [7, 11) is 0. The molecule has 1 aliphatic rings. The van der Waals surface area contributed by atoms with Gasteiger partial charge in [-0.15, -0.1) is 0 Å². The van der Waals surface area contributed by atoms with E-state index in [2.05, 4.69) is 6.92 Å². The van der Waals surface area contributed by atoms with E-state index < -0.39 is 11.2 Å². The van der Waals surface area contributed by atoms with Crippen LogP contribution in [0.1, 0.15) is 6.42 Å². The topological polar surface area (TPSA) is 23.1 Å². The van der Waals surface area contributed by atoms with Gasteiger partial charge in [0.25, 0.3) is 0 Å². The number of rotatable bonds is 1. The highest BCUT2D eigenvalue weighted by molar-refractivity contribution is 7.92. The van der Waals surface area contributed by atoms with Gasteiger partial charge >= 0.3 is 0 Å². The van der Waals surface area contributed by atoms with Crippen LogP contribution in [0.3, 0.4) is 0 Å². The van der Waals surface area contributed by atoms with Gasteiger partial charge in [0, 0.05) is 5.92 Å². The molecule has 0 amide bonds. The molecular weight excluding hydrogens is 108 g/mol. The van der Waals surface area contributed by atoms with Crippen LogP contribution in [0, 0.1) is 12.8 Å². The highest BCUT2D eigenvalue weighted by atomic mass is 32.2. The molecule has 1 aliphatic heterocycles. The first kappa shape index (κ1) is 5.45. The maximum absolute atomic E-state index is 10.4. The minimum atomic E-state index is -0.462. The molecule has 1 heterocycles. The molecule has 0 saturated carbocycles. The van der Waals surface area contributed by atoms with E-state index in [9.17, 15) is 4.55 Å². The lowest BCUT2D eigenvalue weighted by Gasteiger charge is -2.27. The molecule has 0 aromatic carbocycles. The first-order valence-corrected chi connectivity index (χ1v) is 3.96. The maximum atomic E-state index is 10.4. The predicted octanol–water partition coefficient (Wildman–Crippen LogP) is 0.589. The summed E-state index contributed by atoms with van der Waals surface area (Å²) in [5, 5.41) is 0. The van der Waals surface area contributed by atoms with Crippen molar-refractivity contribution in [3.05, 3.63) is 6.92 Å². The van der Waals surface area contributed by atoms with Crippen molar-refractivity contribution in [3.8, 4) is 0 Å². The van der Waals surface area contributed by atoms with Crippen molar-refractivity contribution in [2.45, 2.75) is 6.42 Å². The molecule has 0 spiro atoms. The third-order valence-electron chi connectivity index (χ3n) is 1.25. The fourth-order valence-electron chi connectivity index (χ4n) is 0.644. The van der Waals surface area contributed by atoms with Crippen LogP contribution in [-0.2, 0) is 11.2 Å². The Hall–Kier alpha value is 0.310. The summed E-state index contributed by atoms with van der Waals surface area (Å²) >= 11 is -0.462. The van der Waals surface area contributed by atoms with E-state index in [4.69, 9.17) is 0 Å². The lowest BCUT2D eigenvalue weighted by molar-refractivity contribution is 0.523. The molecule has 0 N–H and O–H groups in total. The van der Waals surface area contributed by atoms with Gasteiger partial charge in [-0.05, 0) is 6.42 Å². The van der Waals surface area contributed by atoms with Gasteiger partial charge in [0.05, 0.1) is 0 Å². The van der Waals surface area contributed by atoms with Crippen molar-refractivity contribution in [2.75, 3.05) is 11.5 Å². The van der Waals surface area contributed by atoms with Crippen molar-refractivity contribution < 1.29 is 4.55 Å². The molecule has 41 valence electrons. The fourth-order valence-corrected chi connectivity index (χ4v) is 1.93. The first-order valence-electron chi connectivity index (χ1n) is 2.47. The monoisotopic (exact) mass is 117 g/mol. The van der Waals surface area contributed by atoms with E-state index in [0.29, 0.717) is 5.92 Å². The minimum Gasteiger partial charge on any atom is -0.616 e. The largest absolute Gasteiger partial charge is 0.616 e. The Labute approximate surface area is 47.3 Å². The molecule has 0 unspecified atom stereocenters. The Morgan fingerprint density at radius 2 is 2.29 bits per heavy atom. The lowest BCUT2D eigenvalue weighted by Crippen LogP contribution is -2.35. The normalized spacial score (nSPS) is 40.3. The molecule has 0 aliphatic carbocycles. The zero-order chi connectivity index (χ0) is 5.28. The molecule has 1 rings (SSSR count). The zero-order valence-corrected chi connectivity index (χ0v) is 5.04. The average Bonchev–Trinajstić information content (AvgIpc) is 1.58. The van der Waals surface area contributed by atoms with Crippen LogP contribution in [0.15, 0.2) is 0 Å². The molecule has 1 fully saturated rings. The van der Waals surface area contributed by atoms with Gasteiger partial charge in [-0.1, -0.05) is 18.1 Å². The Balaban J connectivity index is 2.06. The molecule has 1 saturated heterocycles. The van der Waals surface area contributed by atoms with Crippen LogP contribution in [0.25, 0.3) is 0 Å². The van der Waals surface area contributed by atoms with Crippen LogP contribution < -0.4 is 0 Å². The van der Waals surface area contributed by atoms with E-state index in [1.165, 1.54) is 0 Å². The third-order valence-corrected chi connectivity index (χ3v) is 2.94. The van der Waals surface area contributed by atoms with Gasteiger partial charge in [-0.25, -0.2) is 0 Å². The molecule has 7 heavy (non-hydrogen) atoms. The van der Waals surface area contributed by atoms with Crippen LogP contribution >= 0.6 is 0 Å². The summed E-state index contributed by atoms with van der Waals surface area (Å²) < 4.78 is 10.4. The van der Waals surface area contributed by atoms with Gasteiger partial charge in [0.1, 0.15) is 11.5 Å². The zero-order valence-electron chi connectivity index (χ0n) is 4.22. The van der Waals surface area contributed by atoms with Gasteiger partial charge in [0.15, 0.2) is 0 Å². The van der Waals surface area contributed by atoms with Gasteiger partial charge in [-0.3, -0.25) is 0 Å². The molecule has 0 aromatic heterocycles. The molecule has 0 atom stereocenters. The Morgan fingerprint density at radius 1 is 1.71 bits per heavy atom. The van der Waals surface area contributed by atoms with Crippen molar-refractivity contribution in [2.24, 2.45) is 5.92 Å². The maximum Gasteiger partial charge on any atom is 0.112 e. The molecule has 0 bridgehead atoms. The molecule has 1 nitrogen and oxygen atoms in total. The first-order chi connectivity index (χ1) is 3.33. The summed E-state index contributed by atoms with van der Waals surface area (Å²) in [4.78, 5) is 0. The SMILES string of the molecule is [CH2]CC1C[S+]([O-])C1. The van der Waals surface area contributed by atoms with Crippen LogP contribution in [0.4, 0.5) is 0 Å². The van der Waals surface area contributed by atoms with E-state index in [1.54, 1.807) is 0 Å². The molecule has 2 heteroatoms. The van der Waals surface area contributed by atoms with Crippen LogP contribution in [-0.4, -0.2) is 16.1 Å². The van der Waals surface area contributed by atoms with E-state index in [1.807, 2.05) is 0 Å². The van der Waals surface area contributed by atoms with Gasteiger partial charge in [-0.2, -0.15) is 0 Å². The Morgan fingerprint density at radius 3 is 2.43 bits per heavy atom. The Bertz CT molecular complexity index is 59.1. The van der Waals surface area contributed by atoms with Crippen molar-refractivity contribution in [1.82, 2.24) is 0 Å². The molecule has 0 aromatic rings. The second-order valence-electron chi connectivity index (χ2n) is 1.93. The number of hydrogen-bond donors (Lipinski definition) is 0. The average molecular weight is 117 g/mol. The predicted molar refractivity (Wildman–Crippen MR) is 31.3 cm³/mol. The minimum absolute atomic E-state index is 0.462. The van der Waals surface area contributed by atoms with E-state index >= 15 is 0 Å². The second kappa shape index (κ2) is 2.05.